The second kappa shape index (κ2) is 9.38. The first-order valence-electron chi connectivity index (χ1n) is 9.48. The average Bonchev–Trinajstić information content (AvgIpc) is 3.15. The molecule has 31 heavy (non-hydrogen) atoms. The smallest absolute Gasteiger partial charge is 0.232 e. The molecule has 0 fully saturated rings. The van der Waals surface area contributed by atoms with Gasteiger partial charge in [-0.15, -0.1) is 11.3 Å². The van der Waals surface area contributed by atoms with E-state index >= 15 is 0 Å². The molecule has 1 aromatic carbocycles. The van der Waals surface area contributed by atoms with Crippen LogP contribution < -0.4 is 4.72 Å². The SMILES string of the molecule is CCCS(=O)(=O)Nc1cccc(-c2nc(C(C)(C)CO)sc2-c2ccnc(Cl)n2)c1Cl. The van der Waals surface area contributed by atoms with Crippen molar-refractivity contribution in [3.63, 3.8) is 0 Å². The fourth-order valence-corrected chi connectivity index (χ4v) is 5.53. The number of sulfonamides is 1. The molecule has 0 bridgehead atoms. The Morgan fingerprint density at radius 1 is 1.19 bits per heavy atom. The number of anilines is 1. The van der Waals surface area contributed by atoms with Gasteiger partial charge in [-0.25, -0.2) is 23.4 Å². The molecule has 0 saturated heterocycles. The number of aliphatic hydroxyl groups excluding tert-OH is 1. The predicted molar refractivity (Wildman–Crippen MR) is 126 cm³/mol. The Labute approximate surface area is 195 Å². The van der Waals surface area contributed by atoms with Crippen molar-refractivity contribution < 1.29 is 13.5 Å². The van der Waals surface area contributed by atoms with Gasteiger partial charge in [-0.05, 0) is 30.2 Å². The summed E-state index contributed by atoms with van der Waals surface area (Å²) in [6.45, 7) is 5.44. The lowest BCUT2D eigenvalue weighted by molar-refractivity contribution is 0.218. The predicted octanol–water partition coefficient (Wildman–Crippen LogP) is 5.00. The van der Waals surface area contributed by atoms with Crippen LogP contribution in [-0.4, -0.2) is 40.8 Å². The topological polar surface area (TPSA) is 105 Å². The van der Waals surface area contributed by atoms with Gasteiger partial charge in [-0.1, -0.05) is 44.5 Å². The van der Waals surface area contributed by atoms with Crippen molar-refractivity contribution in [2.75, 3.05) is 17.1 Å². The van der Waals surface area contributed by atoms with Gasteiger partial charge in [0.1, 0.15) is 5.01 Å². The zero-order valence-corrected chi connectivity index (χ0v) is 20.3. The molecule has 0 aliphatic rings. The Morgan fingerprint density at radius 2 is 1.94 bits per heavy atom. The van der Waals surface area contributed by atoms with E-state index in [4.69, 9.17) is 28.2 Å². The third kappa shape index (κ3) is 5.35. The number of thiazole rings is 1. The Bertz CT molecular complexity index is 1200. The van der Waals surface area contributed by atoms with Crippen molar-refractivity contribution in [3.8, 4) is 21.8 Å². The van der Waals surface area contributed by atoms with Crippen LogP contribution in [0.25, 0.3) is 21.8 Å². The highest BCUT2D eigenvalue weighted by Crippen LogP contribution is 2.43. The third-order valence-electron chi connectivity index (χ3n) is 4.45. The quantitative estimate of drug-likeness (QED) is 0.421. The summed E-state index contributed by atoms with van der Waals surface area (Å²) in [6.07, 6.45) is 2.03. The van der Waals surface area contributed by atoms with Gasteiger partial charge in [0, 0.05) is 17.2 Å². The minimum Gasteiger partial charge on any atom is -0.395 e. The summed E-state index contributed by atoms with van der Waals surface area (Å²) < 4.78 is 27.1. The Hall–Kier alpha value is -1.78. The van der Waals surface area contributed by atoms with Crippen molar-refractivity contribution in [1.29, 1.82) is 0 Å². The molecule has 0 radical (unpaired) electrons. The van der Waals surface area contributed by atoms with E-state index in [2.05, 4.69) is 14.7 Å². The summed E-state index contributed by atoms with van der Waals surface area (Å²) in [5.41, 5.74) is 1.30. The zero-order valence-electron chi connectivity index (χ0n) is 17.2. The average molecular weight is 501 g/mol. The maximum absolute atomic E-state index is 12.3. The van der Waals surface area contributed by atoms with Crippen molar-refractivity contribution in [3.05, 3.63) is 45.8 Å². The number of benzene rings is 1. The number of halogens is 2. The van der Waals surface area contributed by atoms with Gasteiger partial charge in [0.2, 0.25) is 15.3 Å². The van der Waals surface area contributed by atoms with E-state index in [0.29, 0.717) is 33.3 Å². The Balaban J connectivity index is 2.19. The van der Waals surface area contributed by atoms with Gasteiger partial charge in [0.05, 0.1) is 39.3 Å². The minimum absolute atomic E-state index is 0.0101. The van der Waals surface area contributed by atoms with Gasteiger partial charge in [-0.3, -0.25) is 4.72 Å². The van der Waals surface area contributed by atoms with Crippen LogP contribution >= 0.6 is 34.5 Å². The third-order valence-corrected chi connectivity index (χ3v) is 7.96. The fourth-order valence-electron chi connectivity index (χ4n) is 2.78. The van der Waals surface area contributed by atoms with E-state index < -0.39 is 15.4 Å². The lowest BCUT2D eigenvalue weighted by Gasteiger charge is -2.17. The number of aliphatic hydroxyl groups is 1. The molecule has 0 aliphatic carbocycles. The molecule has 2 N–H and O–H groups in total. The molecule has 3 aromatic rings. The lowest BCUT2D eigenvalue weighted by Crippen LogP contribution is -2.21. The first-order valence-corrected chi connectivity index (χ1v) is 12.7. The summed E-state index contributed by atoms with van der Waals surface area (Å²) in [5.74, 6) is -0.0101. The maximum Gasteiger partial charge on any atom is 0.232 e. The molecule has 0 atom stereocenters. The van der Waals surface area contributed by atoms with Gasteiger partial charge >= 0.3 is 0 Å². The molecule has 7 nitrogen and oxygen atoms in total. The molecule has 0 spiro atoms. The van der Waals surface area contributed by atoms with Crippen molar-refractivity contribution in [1.82, 2.24) is 15.0 Å². The van der Waals surface area contributed by atoms with Crippen LogP contribution in [0.1, 0.15) is 32.2 Å². The number of nitrogens with zero attached hydrogens (tertiary/aromatic N) is 3. The monoisotopic (exact) mass is 500 g/mol. The maximum atomic E-state index is 12.3. The molecule has 0 unspecified atom stereocenters. The highest BCUT2D eigenvalue weighted by atomic mass is 35.5. The molecule has 2 heterocycles. The number of hydrogen-bond acceptors (Lipinski definition) is 7. The number of nitrogens with one attached hydrogen (secondary N) is 1. The van der Waals surface area contributed by atoms with Crippen LogP contribution in [0.4, 0.5) is 5.69 Å². The first kappa shape index (κ1) is 23.9. The van der Waals surface area contributed by atoms with Crippen LogP contribution in [0.3, 0.4) is 0 Å². The molecule has 3 rings (SSSR count). The summed E-state index contributed by atoms with van der Waals surface area (Å²) in [5, 5.41) is 10.8. The molecule has 0 aliphatic heterocycles. The lowest BCUT2D eigenvalue weighted by atomic mass is 9.96. The van der Waals surface area contributed by atoms with Crippen molar-refractivity contribution >= 4 is 50.2 Å². The molecule has 0 saturated carbocycles. The molecular formula is C20H22Cl2N4O3S2. The van der Waals surface area contributed by atoms with Gasteiger partial charge in [-0.2, -0.15) is 0 Å². The van der Waals surface area contributed by atoms with Crippen LogP contribution in [0.2, 0.25) is 10.3 Å². The van der Waals surface area contributed by atoms with Crippen LogP contribution in [0, 0.1) is 0 Å². The van der Waals surface area contributed by atoms with Gasteiger partial charge < -0.3 is 5.11 Å². The molecule has 166 valence electrons. The van der Waals surface area contributed by atoms with Crippen molar-refractivity contribution in [2.24, 2.45) is 0 Å². The number of aromatic nitrogens is 3. The molecule has 2 aromatic heterocycles. The second-order valence-electron chi connectivity index (χ2n) is 7.54. The Kier molecular flexibility index (Phi) is 7.22. The van der Waals surface area contributed by atoms with E-state index in [-0.39, 0.29) is 28.4 Å². The van der Waals surface area contributed by atoms with E-state index in [1.807, 2.05) is 13.8 Å². The summed E-state index contributed by atoms with van der Waals surface area (Å²) in [4.78, 5) is 13.7. The normalized spacial score (nSPS) is 12.2. The van der Waals surface area contributed by atoms with Crippen LogP contribution in [-0.2, 0) is 15.4 Å². The summed E-state index contributed by atoms with van der Waals surface area (Å²) in [7, 11) is -3.52. The Morgan fingerprint density at radius 3 is 2.58 bits per heavy atom. The molecule has 11 heteroatoms. The van der Waals surface area contributed by atoms with E-state index in [9.17, 15) is 13.5 Å². The minimum atomic E-state index is -3.52. The summed E-state index contributed by atoms with van der Waals surface area (Å²) in [6, 6.07) is 6.78. The number of hydrogen-bond donors (Lipinski definition) is 2. The van der Waals surface area contributed by atoms with Crippen LogP contribution in [0.15, 0.2) is 30.5 Å². The van der Waals surface area contributed by atoms with Crippen molar-refractivity contribution in [2.45, 2.75) is 32.6 Å². The van der Waals surface area contributed by atoms with E-state index in [1.54, 1.807) is 37.4 Å². The number of rotatable bonds is 8. The second-order valence-corrected chi connectivity index (χ2v) is 11.1. The van der Waals surface area contributed by atoms with Gasteiger partial charge in [0.15, 0.2) is 0 Å². The van der Waals surface area contributed by atoms with E-state index in [0.717, 1.165) is 0 Å². The standard InChI is InChI=1S/C20H22Cl2N4O3S2/c1-4-10-31(28,29)26-13-7-5-6-12(15(13)21)16-17(14-8-9-23-19(22)24-14)30-18(25-16)20(2,3)11-27/h5-9,26-27H,4,10-11H2,1-3H3. The fraction of sp³-hybridized carbons (Fsp3) is 0.350. The zero-order chi connectivity index (χ0) is 22.8. The van der Waals surface area contributed by atoms with Crippen LogP contribution in [0.5, 0.6) is 0 Å². The summed E-state index contributed by atoms with van der Waals surface area (Å²) >= 11 is 14.0. The highest BCUT2D eigenvalue weighted by Gasteiger charge is 2.28. The van der Waals surface area contributed by atoms with Gasteiger partial charge in [0.25, 0.3) is 0 Å². The van der Waals surface area contributed by atoms with E-state index in [1.165, 1.54) is 11.3 Å². The highest BCUT2D eigenvalue weighted by molar-refractivity contribution is 7.92. The largest absolute Gasteiger partial charge is 0.395 e. The first-order chi connectivity index (χ1) is 14.6. The molecule has 0 amide bonds. The molecular weight excluding hydrogens is 479 g/mol.